The van der Waals surface area contributed by atoms with Crippen LogP contribution in [0.1, 0.15) is 12.5 Å². The van der Waals surface area contributed by atoms with Crippen LogP contribution in [0.25, 0.3) is 5.57 Å². The summed E-state index contributed by atoms with van der Waals surface area (Å²) in [7, 11) is 3.33. The van der Waals surface area contributed by atoms with Gasteiger partial charge in [-0.2, -0.15) is 0 Å². The standard InChI is InChI=1S/C14H16Br2O2/c1-10(6-13(17-2)4-5-15)11-7-12(16)9-14(8-11)18-3/h4,6-9H,5H2,1-3H3/b10-6+,13-4+. The Morgan fingerprint density at radius 1 is 1.28 bits per heavy atom. The number of ether oxygens (including phenoxy) is 2. The Morgan fingerprint density at radius 3 is 2.56 bits per heavy atom. The van der Waals surface area contributed by atoms with Crippen LogP contribution < -0.4 is 4.74 Å². The Morgan fingerprint density at radius 2 is 2.00 bits per heavy atom. The van der Waals surface area contributed by atoms with Crippen LogP contribution in [0, 0.1) is 0 Å². The van der Waals surface area contributed by atoms with E-state index >= 15 is 0 Å². The first-order valence-corrected chi connectivity index (χ1v) is 7.35. The SMILES string of the molecule is COC(=C/CBr)/C=C(\C)c1cc(Br)cc(OC)c1. The van der Waals surface area contributed by atoms with Crippen molar-refractivity contribution in [3.8, 4) is 5.75 Å². The molecule has 0 aromatic heterocycles. The van der Waals surface area contributed by atoms with E-state index < -0.39 is 0 Å². The predicted octanol–water partition coefficient (Wildman–Crippen LogP) is 4.79. The van der Waals surface area contributed by atoms with Gasteiger partial charge in [-0.15, -0.1) is 0 Å². The van der Waals surface area contributed by atoms with Crippen LogP contribution in [0.2, 0.25) is 0 Å². The van der Waals surface area contributed by atoms with E-state index in [0.717, 1.165) is 32.4 Å². The third kappa shape index (κ3) is 4.50. The van der Waals surface area contributed by atoms with Crippen molar-refractivity contribution in [3.05, 3.63) is 46.1 Å². The van der Waals surface area contributed by atoms with Crippen LogP contribution in [0.4, 0.5) is 0 Å². The highest BCUT2D eigenvalue weighted by molar-refractivity contribution is 9.10. The largest absolute Gasteiger partial charge is 0.497 e. The summed E-state index contributed by atoms with van der Waals surface area (Å²) in [5.41, 5.74) is 2.21. The van der Waals surface area contributed by atoms with E-state index in [1.807, 2.05) is 31.2 Å². The van der Waals surface area contributed by atoms with E-state index in [-0.39, 0.29) is 0 Å². The van der Waals surface area contributed by atoms with E-state index in [1.165, 1.54) is 0 Å². The number of allylic oxidation sites excluding steroid dienone is 3. The summed E-state index contributed by atoms with van der Waals surface area (Å²) in [6, 6.07) is 5.98. The van der Waals surface area contributed by atoms with Gasteiger partial charge in [0.15, 0.2) is 0 Å². The molecule has 0 radical (unpaired) electrons. The maximum Gasteiger partial charge on any atom is 0.120 e. The highest BCUT2D eigenvalue weighted by atomic mass is 79.9. The number of halogens is 2. The minimum atomic E-state index is 0.766. The van der Waals surface area contributed by atoms with Gasteiger partial charge in [-0.1, -0.05) is 31.9 Å². The summed E-state index contributed by atoms with van der Waals surface area (Å²) in [4.78, 5) is 0. The number of hydrogen-bond donors (Lipinski definition) is 0. The fourth-order valence-electron chi connectivity index (χ4n) is 1.48. The molecule has 98 valence electrons. The zero-order valence-corrected chi connectivity index (χ0v) is 13.8. The maximum absolute atomic E-state index is 5.28. The lowest BCUT2D eigenvalue weighted by atomic mass is 10.1. The molecule has 0 amide bonds. The minimum absolute atomic E-state index is 0.766. The van der Waals surface area contributed by atoms with Crippen molar-refractivity contribution in [3.63, 3.8) is 0 Å². The molecule has 0 saturated heterocycles. The molecule has 0 spiro atoms. The number of alkyl halides is 1. The van der Waals surface area contributed by atoms with Gasteiger partial charge >= 0.3 is 0 Å². The number of methoxy groups -OCH3 is 2. The van der Waals surface area contributed by atoms with Gasteiger partial charge in [-0.05, 0) is 48.4 Å². The van der Waals surface area contributed by atoms with Gasteiger partial charge < -0.3 is 9.47 Å². The van der Waals surface area contributed by atoms with Crippen molar-refractivity contribution in [2.45, 2.75) is 6.92 Å². The van der Waals surface area contributed by atoms with Crippen molar-refractivity contribution >= 4 is 37.4 Å². The summed E-state index contributed by atoms with van der Waals surface area (Å²) in [5, 5.41) is 0.766. The highest BCUT2D eigenvalue weighted by Crippen LogP contribution is 2.26. The second kappa shape index (κ2) is 7.64. The summed E-state index contributed by atoms with van der Waals surface area (Å²) >= 11 is 6.83. The molecule has 0 heterocycles. The van der Waals surface area contributed by atoms with E-state index in [2.05, 4.69) is 37.9 Å². The normalized spacial score (nSPS) is 12.5. The first-order valence-electron chi connectivity index (χ1n) is 5.44. The molecule has 1 aromatic rings. The number of rotatable bonds is 5. The van der Waals surface area contributed by atoms with Crippen molar-refractivity contribution in [2.75, 3.05) is 19.5 Å². The Labute approximate surface area is 125 Å². The molecular formula is C14H16Br2O2. The van der Waals surface area contributed by atoms with Crippen molar-refractivity contribution in [2.24, 2.45) is 0 Å². The van der Waals surface area contributed by atoms with E-state index in [4.69, 9.17) is 9.47 Å². The lowest BCUT2D eigenvalue weighted by Crippen LogP contribution is -1.89. The second-order valence-corrected chi connectivity index (χ2v) is 5.24. The smallest absolute Gasteiger partial charge is 0.120 e. The molecule has 0 bridgehead atoms. The van der Waals surface area contributed by atoms with Crippen molar-refractivity contribution < 1.29 is 9.47 Å². The molecule has 0 N–H and O–H groups in total. The monoisotopic (exact) mass is 374 g/mol. The van der Waals surface area contributed by atoms with E-state index in [1.54, 1.807) is 14.2 Å². The number of benzene rings is 1. The highest BCUT2D eigenvalue weighted by Gasteiger charge is 2.02. The molecular weight excluding hydrogens is 360 g/mol. The van der Waals surface area contributed by atoms with Gasteiger partial charge in [0.2, 0.25) is 0 Å². The van der Waals surface area contributed by atoms with Crippen LogP contribution in [0.3, 0.4) is 0 Å². The zero-order chi connectivity index (χ0) is 13.5. The van der Waals surface area contributed by atoms with Gasteiger partial charge in [-0.3, -0.25) is 0 Å². The Kier molecular flexibility index (Phi) is 6.50. The molecule has 4 heteroatoms. The first-order chi connectivity index (χ1) is 8.60. The first kappa shape index (κ1) is 15.3. The molecule has 18 heavy (non-hydrogen) atoms. The predicted molar refractivity (Wildman–Crippen MR) is 83.2 cm³/mol. The second-order valence-electron chi connectivity index (χ2n) is 3.67. The summed E-state index contributed by atoms with van der Waals surface area (Å²) in [6.07, 6.45) is 3.97. The average molecular weight is 376 g/mol. The number of hydrogen-bond acceptors (Lipinski definition) is 2. The molecule has 0 aliphatic rings. The fraction of sp³-hybridized carbons (Fsp3) is 0.286. The quantitative estimate of drug-likeness (QED) is 0.418. The molecule has 2 nitrogen and oxygen atoms in total. The van der Waals surface area contributed by atoms with Gasteiger partial charge in [0, 0.05) is 9.80 Å². The Hall–Kier alpha value is -0.740. The summed E-state index contributed by atoms with van der Waals surface area (Å²) in [6.45, 7) is 2.04. The lowest BCUT2D eigenvalue weighted by Gasteiger charge is -2.08. The Bertz CT molecular complexity index is 465. The third-order valence-corrected chi connectivity index (χ3v) is 3.22. The zero-order valence-electron chi connectivity index (χ0n) is 10.7. The fourth-order valence-corrected chi connectivity index (χ4v) is 2.27. The van der Waals surface area contributed by atoms with E-state index in [0.29, 0.717) is 0 Å². The van der Waals surface area contributed by atoms with Gasteiger partial charge in [0.25, 0.3) is 0 Å². The van der Waals surface area contributed by atoms with Crippen LogP contribution in [0.15, 0.2) is 40.6 Å². The van der Waals surface area contributed by atoms with Gasteiger partial charge in [0.1, 0.15) is 11.5 Å². The lowest BCUT2D eigenvalue weighted by molar-refractivity contribution is 0.306. The molecule has 0 aliphatic carbocycles. The third-order valence-electron chi connectivity index (χ3n) is 2.44. The van der Waals surface area contributed by atoms with E-state index in [9.17, 15) is 0 Å². The molecule has 0 atom stereocenters. The maximum atomic E-state index is 5.28. The van der Waals surface area contributed by atoms with Crippen LogP contribution >= 0.6 is 31.9 Å². The topological polar surface area (TPSA) is 18.5 Å². The van der Waals surface area contributed by atoms with Crippen molar-refractivity contribution in [1.29, 1.82) is 0 Å². The molecule has 0 aliphatic heterocycles. The van der Waals surface area contributed by atoms with Crippen LogP contribution in [-0.4, -0.2) is 19.5 Å². The molecule has 1 rings (SSSR count). The average Bonchev–Trinajstić information content (AvgIpc) is 2.37. The molecule has 0 fully saturated rings. The van der Waals surface area contributed by atoms with Gasteiger partial charge in [-0.25, -0.2) is 0 Å². The van der Waals surface area contributed by atoms with Crippen molar-refractivity contribution in [1.82, 2.24) is 0 Å². The summed E-state index contributed by atoms with van der Waals surface area (Å²) < 4.78 is 11.5. The van der Waals surface area contributed by atoms with Crippen LogP contribution in [0.5, 0.6) is 5.75 Å². The molecule has 0 unspecified atom stereocenters. The van der Waals surface area contributed by atoms with Crippen LogP contribution in [-0.2, 0) is 4.74 Å². The molecule has 1 aromatic carbocycles. The minimum Gasteiger partial charge on any atom is -0.497 e. The summed E-state index contributed by atoms with van der Waals surface area (Å²) in [5.74, 6) is 1.67. The van der Waals surface area contributed by atoms with Gasteiger partial charge in [0.05, 0.1) is 14.2 Å². The molecule has 0 saturated carbocycles. The Balaban J connectivity index is 3.09.